The molecule has 0 aliphatic rings. The van der Waals surface area contributed by atoms with E-state index in [9.17, 15) is 0 Å². The normalized spacial score (nSPS) is 14.9. The highest BCUT2D eigenvalue weighted by Crippen LogP contribution is 2.46. The minimum Gasteiger partial charge on any atom is -0.497 e. The standard InChI is InChI=1S/C25H37Cl2NO2Si2/c1-24(2,3)32(8,9)28-22(19-15-17-21(29-4)18-16-19)25(26,27)23(30-31(5,6)7)20-13-11-10-12-14-20/h10-18,23H,1-9H3/b28-22+. The lowest BCUT2D eigenvalue weighted by atomic mass is 9.98. The van der Waals surface area contributed by atoms with Gasteiger partial charge in [0.05, 0.1) is 12.8 Å². The minimum atomic E-state index is -2.14. The first-order valence-electron chi connectivity index (χ1n) is 10.9. The molecule has 0 aromatic heterocycles. The molecule has 0 amide bonds. The Morgan fingerprint density at radius 3 is 1.84 bits per heavy atom. The molecule has 0 aliphatic heterocycles. The second kappa shape index (κ2) is 10.0. The van der Waals surface area contributed by atoms with Crippen LogP contribution in [0.5, 0.6) is 5.75 Å². The van der Waals surface area contributed by atoms with Crippen LogP contribution >= 0.6 is 23.2 Å². The van der Waals surface area contributed by atoms with Crippen LogP contribution in [0.1, 0.15) is 38.0 Å². The summed E-state index contributed by atoms with van der Waals surface area (Å²) in [6.07, 6.45) is -0.552. The van der Waals surface area contributed by atoms with Gasteiger partial charge in [-0.15, -0.1) is 0 Å². The largest absolute Gasteiger partial charge is 0.497 e. The van der Waals surface area contributed by atoms with Crippen LogP contribution in [0.3, 0.4) is 0 Å². The molecule has 3 nitrogen and oxygen atoms in total. The van der Waals surface area contributed by atoms with Crippen molar-refractivity contribution in [3.8, 4) is 5.75 Å². The van der Waals surface area contributed by atoms with Gasteiger partial charge in [0, 0.05) is 0 Å². The molecule has 2 aromatic rings. The van der Waals surface area contributed by atoms with Crippen LogP contribution < -0.4 is 4.74 Å². The van der Waals surface area contributed by atoms with Crippen LogP contribution in [0.15, 0.2) is 59.3 Å². The zero-order valence-electron chi connectivity index (χ0n) is 20.8. The molecule has 0 spiro atoms. The molecule has 0 heterocycles. The summed E-state index contributed by atoms with van der Waals surface area (Å²) < 4.78 is 15.9. The first-order chi connectivity index (χ1) is 14.6. The van der Waals surface area contributed by atoms with Gasteiger partial charge in [-0.05, 0) is 73.2 Å². The van der Waals surface area contributed by atoms with Crippen molar-refractivity contribution < 1.29 is 9.16 Å². The minimum absolute atomic E-state index is 0.0243. The van der Waals surface area contributed by atoms with E-state index in [0.29, 0.717) is 5.71 Å². The SMILES string of the molecule is COc1ccc(/C(=N\[Si](C)(C)C(C)(C)C)C(Cl)(Cl)C(O[Si](C)(C)C)c2ccccc2)cc1. The van der Waals surface area contributed by atoms with E-state index in [2.05, 4.69) is 53.5 Å². The zero-order chi connectivity index (χ0) is 24.4. The maximum atomic E-state index is 7.30. The lowest BCUT2D eigenvalue weighted by Gasteiger charge is -2.39. The summed E-state index contributed by atoms with van der Waals surface area (Å²) in [6.45, 7) is 17.6. The van der Waals surface area contributed by atoms with Crippen LogP contribution in [-0.4, -0.2) is 33.7 Å². The van der Waals surface area contributed by atoms with E-state index in [1.807, 2.05) is 54.6 Å². The second-order valence-corrected chi connectivity index (χ2v) is 21.3. The summed E-state index contributed by atoms with van der Waals surface area (Å²) in [4.78, 5) is 0. The van der Waals surface area contributed by atoms with E-state index < -0.39 is 27.0 Å². The highest BCUT2D eigenvalue weighted by Gasteiger charge is 2.46. The van der Waals surface area contributed by atoms with Crippen molar-refractivity contribution in [1.82, 2.24) is 0 Å². The van der Waals surface area contributed by atoms with Gasteiger partial charge < -0.3 is 13.8 Å². The Balaban J connectivity index is 2.75. The van der Waals surface area contributed by atoms with Crippen LogP contribution in [-0.2, 0) is 4.43 Å². The first kappa shape index (κ1) is 27.1. The molecular formula is C25H37Cl2NO2Si2. The molecule has 0 radical (unpaired) electrons. The van der Waals surface area contributed by atoms with Crippen molar-refractivity contribution in [3.63, 3.8) is 0 Å². The van der Waals surface area contributed by atoms with Gasteiger partial charge in [-0.25, -0.2) is 0 Å². The highest BCUT2D eigenvalue weighted by molar-refractivity contribution is 6.80. The van der Waals surface area contributed by atoms with E-state index >= 15 is 0 Å². The van der Waals surface area contributed by atoms with Gasteiger partial charge in [-0.3, -0.25) is 0 Å². The Morgan fingerprint density at radius 2 is 1.41 bits per heavy atom. The molecule has 7 heteroatoms. The number of halogens is 2. The molecule has 0 fully saturated rings. The number of rotatable bonds is 8. The van der Waals surface area contributed by atoms with Gasteiger partial charge in [-0.1, -0.05) is 74.3 Å². The molecule has 0 saturated heterocycles. The quantitative estimate of drug-likeness (QED) is 0.203. The van der Waals surface area contributed by atoms with Gasteiger partial charge in [0.2, 0.25) is 0 Å². The smallest absolute Gasteiger partial charge is 0.187 e. The van der Waals surface area contributed by atoms with Crippen molar-refractivity contribution >= 4 is 45.5 Å². The molecule has 1 atom stereocenters. The molecule has 176 valence electrons. The number of nitrogens with zero attached hydrogens (tertiary/aromatic N) is 1. The number of alkyl halides is 2. The van der Waals surface area contributed by atoms with E-state index in [4.69, 9.17) is 37.0 Å². The van der Waals surface area contributed by atoms with Crippen LogP contribution in [0, 0.1) is 0 Å². The van der Waals surface area contributed by atoms with Crippen LogP contribution in [0.4, 0.5) is 0 Å². The Bertz CT molecular complexity index is 916. The number of methoxy groups -OCH3 is 1. The van der Waals surface area contributed by atoms with Gasteiger partial charge in [0.15, 0.2) is 20.9 Å². The third kappa shape index (κ3) is 6.70. The first-order valence-corrected chi connectivity index (χ1v) is 18.0. The molecule has 0 N–H and O–H groups in total. The average Bonchev–Trinajstić information content (AvgIpc) is 2.69. The van der Waals surface area contributed by atoms with Gasteiger partial charge in [-0.2, -0.15) is 0 Å². The maximum Gasteiger partial charge on any atom is 0.187 e. The third-order valence-corrected chi connectivity index (χ3v) is 12.0. The Hall–Kier alpha value is -1.12. The summed E-state index contributed by atoms with van der Waals surface area (Å²) in [7, 11) is -2.49. The van der Waals surface area contributed by atoms with Crippen molar-refractivity contribution in [1.29, 1.82) is 0 Å². The van der Waals surface area contributed by atoms with Crippen molar-refractivity contribution in [2.45, 2.75) is 69.0 Å². The molecule has 32 heavy (non-hydrogen) atoms. The Labute approximate surface area is 206 Å². The van der Waals surface area contributed by atoms with Crippen molar-refractivity contribution in [2.75, 3.05) is 7.11 Å². The highest BCUT2D eigenvalue weighted by atomic mass is 35.5. The predicted octanol–water partition coefficient (Wildman–Crippen LogP) is 8.26. The molecule has 0 saturated carbocycles. The zero-order valence-corrected chi connectivity index (χ0v) is 24.3. The molecule has 0 bridgehead atoms. The fourth-order valence-corrected chi connectivity index (χ4v) is 6.14. The molecule has 2 aromatic carbocycles. The van der Waals surface area contributed by atoms with E-state index in [0.717, 1.165) is 16.9 Å². The van der Waals surface area contributed by atoms with Gasteiger partial charge in [0.25, 0.3) is 0 Å². The molecule has 1 unspecified atom stereocenters. The van der Waals surface area contributed by atoms with E-state index in [1.54, 1.807) is 7.11 Å². The fourth-order valence-electron chi connectivity index (χ4n) is 2.98. The topological polar surface area (TPSA) is 30.8 Å². The van der Waals surface area contributed by atoms with E-state index in [1.165, 1.54) is 0 Å². The predicted molar refractivity (Wildman–Crippen MR) is 145 cm³/mol. The summed E-state index contributed by atoms with van der Waals surface area (Å²) in [6, 6.07) is 17.8. The number of benzene rings is 2. The molecule has 2 rings (SSSR count). The van der Waals surface area contributed by atoms with Crippen molar-refractivity contribution in [3.05, 3.63) is 65.7 Å². The van der Waals surface area contributed by atoms with Crippen LogP contribution in [0.25, 0.3) is 0 Å². The monoisotopic (exact) mass is 509 g/mol. The number of hydrogen-bond donors (Lipinski definition) is 0. The number of hydrogen-bond acceptors (Lipinski definition) is 3. The average molecular weight is 511 g/mol. The summed E-state index contributed by atoms with van der Waals surface area (Å²) in [5, 5.41) is 0.0243. The third-order valence-electron chi connectivity index (χ3n) is 5.81. The van der Waals surface area contributed by atoms with Gasteiger partial charge >= 0.3 is 0 Å². The summed E-state index contributed by atoms with van der Waals surface area (Å²) in [5.41, 5.74) is 2.47. The summed E-state index contributed by atoms with van der Waals surface area (Å²) in [5.74, 6) is 0.771. The summed E-state index contributed by atoms with van der Waals surface area (Å²) >= 11 is 14.6. The lowest BCUT2D eigenvalue weighted by Crippen LogP contribution is -2.44. The van der Waals surface area contributed by atoms with E-state index in [-0.39, 0.29) is 5.04 Å². The fraction of sp³-hybridized carbons (Fsp3) is 0.480. The second-order valence-electron chi connectivity index (χ2n) is 10.6. The maximum absolute atomic E-state index is 7.30. The lowest BCUT2D eigenvalue weighted by molar-refractivity contribution is 0.198. The van der Waals surface area contributed by atoms with Crippen LogP contribution in [0.2, 0.25) is 37.8 Å². The molecular weight excluding hydrogens is 473 g/mol. The Morgan fingerprint density at radius 1 is 0.875 bits per heavy atom. The Kier molecular flexibility index (Phi) is 8.49. The number of ether oxygens (including phenoxy) is 1. The van der Waals surface area contributed by atoms with Crippen molar-refractivity contribution in [2.24, 2.45) is 4.66 Å². The molecule has 0 aliphatic carbocycles. The van der Waals surface area contributed by atoms with Gasteiger partial charge in [0.1, 0.15) is 11.9 Å².